The van der Waals surface area contributed by atoms with Gasteiger partial charge in [0, 0.05) is 16.7 Å². The first kappa shape index (κ1) is 24.2. The third kappa shape index (κ3) is 4.40. The zero-order valence-electron chi connectivity index (χ0n) is 19.4. The van der Waals surface area contributed by atoms with E-state index >= 15 is 4.39 Å². The molecule has 0 unspecified atom stereocenters. The van der Waals surface area contributed by atoms with Crippen molar-refractivity contribution in [2.75, 3.05) is 0 Å². The SMILES string of the molecule is CCCCCc1ccc(C2=CCc3c(ccc(-c4ccc(CC)c(F)c4F)c3F)C2)c(F)c1F. The molecule has 178 valence electrons. The minimum absolute atomic E-state index is 0.0108. The van der Waals surface area contributed by atoms with Gasteiger partial charge >= 0.3 is 0 Å². The third-order valence-electron chi connectivity index (χ3n) is 6.66. The summed E-state index contributed by atoms with van der Waals surface area (Å²) in [7, 11) is 0. The highest BCUT2D eigenvalue weighted by molar-refractivity contribution is 5.74. The molecule has 0 saturated carbocycles. The quantitative estimate of drug-likeness (QED) is 0.240. The highest BCUT2D eigenvalue weighted by Crippen LogP contribution is 2.36. The van der Waals surface area contributed by atoms with Gasteiger partial charge in [-0.3, -0.25) is 0 Å². The van der Waals surface area contributed by atoms with Crippen molar-refractivity contribution in [2.24, 2.45) is 0 Å². The van der Waals surface area contributed by atoms with Crippen molar-refractivity contribution in [3.8, 4) is 11.1 Å². The Kier molecular flexibility index (Phi) is 7.20. The fourth-order valence-electron chi connectivity index (χ4n) is 4.63. The van der Waals surface area contributed by atoms with Crippen LogP contribution in [0.25, 0.3) is 16.7 Å². The maximum absolute atomic E-state index is 15.4. The maximum atomic E-state index is 15.4. The molecule has 1 aliphatic carbocycles. The molecule has 0 bridgehead atoms. The maximum Gasteiger partial charge on any atom is 0.167 e. The summed E-state index contributed by atoms with van der Waals surface area (Å²) in [4.78, 5) is 0. The van der Waals surface area contributed by atoms with Gasteiger partial charge in [0.1, 0.15) is 5.82 Å². The average molecular weight is 471 g/mol. The van der Waals surface area contributed by atoms with Crippen LogP contribution in [0.15, 0.2) is 42.5 Å². The van der Waals surface area contributed by atoms with Crippen LogP contribution in [0.2, 0.25) is 0 Å². The molecule has 5 heteroatoms. The van der Waals surface area contributed by atoms with Crippen LogP contribution in [0.5, 0.6) is 0 Å². The van der Waals surface area contributed by atoms with E-state index in [4.69, 9.17) is 0 Å². The lowest BCUT2D eigenvalue weighted by Gasteiger charge is -2.21. The first-order valence-electron chi connectivity index (χ1n) is 11.8. The standard InChI is InChI=1S/C29H27F5/c1-3-5-6-7-18-9-12-22(28(33)26(18)31)20-10-13-21-19(16-20)11-15-23(27(21)32)24-14-8-17(4-2)25(30)29(24)34/h8-12,14-15H,3-7,13,16H2,1-2H3. The summed E-state index contributed by atoms with van der Waals surface area (Å²) in [5.41, 5.74) is 2.20. The highest BCUT2D eigenvalue weighted by atomic mass is 19.2. The van der Waals surface area contributed by atoms with Crippen LogP contribution in [0.4, 0.5) is 22.0 Å². The van der Waals surface area contributed by atoms with Crippen molar-refractivity contribution in [2.45, 2.75) is 58.8 Å². The topological polar surface area (TPSA) is 0 Å². The van der Waals surface area contributed by atoms with Gasteiger partial charge in [-0.2, -0.15) is 0 Å². The van der Waals surface area contributed by atoms with E-state index in [0.29, 0.717) is 35.1 Å². The average Bonchev–Trinajstić information content (AvgIpc) is 2.84. The number of allylic oxidation sites excluding steroid dienone is 2. The Labute approximate surface area is 197 Å². The number of hydrogen-bond acceptors (Lipinski definition) is 0. The number of fused-ring (bicyclic) bond motifs is 1. The fourth-order valence-corrected chi connectivity index (χ4v) is 4.63. The zero-order valence-corrected chi connectivity index (χ0v) is 19.4. The van der Waals surface area contributed by atoms with Crippen molar-refractivity contribution in [1.29, 1.82) is 0 Å². The molecule has 34 heavy (non-hydrogen) atoms. The molecule has 0 amide bonds. The van der Waals surface area contributed by atoms with Crippen molar-refractivity contribution >= 4 is 5.57 Å². The van der Waals surface area contributed by atoms with E-state index in [-0.39, 0.29) is 35.1 Å². The van der Waals surface area contributed by atoms with Crippen LogP contribution in [-0.2, 0) is 25.7 Å². The molecule has 0 nitrogen and oxygen atoms in total. The smallest absolute Gasteiger partial charge is 0.167 e. The van der Waals surface area contributed by atoms with Crippen LogP contribution in [-0.4, -0.2) is 0 Å². The zero-order chi connectivity index (χ0) is 24.4. The second-order valence-corrected chi connectivity index (χ2v) is 8.79. The summed E-state index contributed by atoms with van der Waals surface area (Å²) in [6, 6.07) is 9.16. The molecule has 0 radical (unpaired) electrons. The van der Waals surface area contributed by atoms with E-state index in [1.165, 1.54) is 18.2 Å². The Morgan fingerprint density at radius 3 is 2.00 bits per heavy atom. The van der Waals surface area contributed by atoms with Gasteiger partial charge in [-0.15, -0.1) is 0 Å². The molecule has 0 spiro atoms. The Morgan fingerprint density at radius 1 is 0.647 bits per heavy atom. The minimum atomic E-state index is -1.07. The second-order valence-electron chi connectivity index (χ2n) is 8.79. The van der Waals surface area contributed by atoms with Gasteiger partial charge in [-0.25, -0.2) is 22.0 Å². The summed E-state index contributed by atoms with van der Waals surface area (Å²) in [6.45, 7) is 3.77. The van der Waals surface area contributed by atoms with Gasteiger partial charge in [0.15, 0.2) is 23.3 Å². The molecule has 3 aromatic carbocycles. The summed E-state index contributed by atoms with van der Waals surface area (Å²) < 4.78 is 73.8. The molecule has 1 aliphatic rings. The number of hydrogen-bond donors (Lipinski definition) is 0. The van der Waals surface area contributed by atoms with Crippen LogP contribution >= 0.6 is 0 Å². The summed E-state index contributed by atoms with van der Waals surface area (Å²) >= 11 is 0. The molecule has 0 aromatic heterocycles. The van der Waals surface area contributed by atoms with Gasteiger partial charge < -0.3 is 0 Å². The van der Waals surface area contributed by atoms with Crippen molar-refractivity contribution in [3.63, 3.8) is 0 Å². The Hall–Kier alpha value is -2.95. The molecular formula is C29H27F5. The number of unbranched alkanes of at least 4 members (excludes halogenated alkanes) is 2. The predicted molar refractivity (Wildman–Crippen MR) is 126 cm³/mol. The number of rotatable bonds is 7. The molecule has 3 aromatic rings. The normalized spacial score (nSPS) is 13.1. The summed E-state index contributed by atoms with van der Waals surface area (Å²) in [6.07, 6.45) is 5.64. The van der Waals surface area contributed by atoms with E-state index in [1.54, 1.807) is 31.2 Å². The van der Waals surface area contributed by atoms with E-state index in [9.17, 15) is 17.6 Å². The van der Waals surface area contributed by atoms with Crippen molar-refractivity contribution in [1.82, 2.24) is 0 Å². The number of benzene rings is 3. The monoisotopic (exact) mass is 470 g/mol. The van der Waals surface area contributed by atoms with Gasteiger partial charge in [-0.1, -0.05) is 69.2 Å². The number of halogens is 5. The van der Waals surface area contributed by atoms with Crippen LogP contribution < -0.4 is 0 Å². The fraction of sp³-hybridized carbons (Fsp3) is 0.310. The van der Waals surface area contributed by atoms with Gasteiger partial charge in [0.25, 0.3) is 0 Å². The second kappa shape index (κ2) is 10.1. The molecular weight excluding hydrogens is 443 g/mol. The number of aryl methyl sites for hydroxylation is 2. The van der Waals surface area contributed by atoms with Crippen molar-refractivity contribution < 1.29 is 22.0 Å². The van der Waals surface area contributed by atoms with Gasteiger partial charge in [-0.05, 0) is 59.9 Å². The van der Waals surface area contributed by atoms with Crippen LogP contribution in [0, 0.1) is 29.1 Å². The Balaban J connectivity index is 1.63. The van der Waals surface area contributed by atoms with Crippen LogP contribution in [0.1, 0.15) is 60.9 Å². The summed E-state index contributed by atoms with van der Waals surface area (Å²) in [5.74, 6) is -4.35. The largest absolute Gasteiger partial charge is 0.206 e. The Bertz CT molecular complexity index is 1260. The molecule has 0 aliphatic heterocycles. The van der Waals surface area contributed by atoms with E-state index in [0.717, 1.165) is 19.3 Å². The molecule has 0 saturated heterocycles. The van der Waals surface area contributed by atoms with Crippen molar-refractivity contribution in [3.05, 3.63) is 99.4 Å². The first-order valence-corrected chi connectivity index (χ1v) is 11.8. The highest BCUT2D eigenvalue weighted by Gasteiger charge is 2.24. The molecule has 4 rings (SSSR count). The minimum Gasteiger partial charge on any atom is -0.206 e. The lowest BCUT2D eigenvalue weighted by molar-refractivity contribution is 0.493. The first-order chi connectivity index (χ1) is 16.4. The Morgan fingerprint density at radius 2 is 1.26 bits per heavy atom. The molecule has 0 N–H and O–H groups in total. The molecule has 0 atom stereocenters. The predicted octanol–water partition coefficient (Wildman–Crippen LogP) is 8.53. The lowest BCUT2D eigenvalue weighted by Crippen LogP contribution is -2.09. The van der Waals surface area contributed by atoms with Crippen LogP contribution in [0.3, 0.4) is 0 Å². The van der Waals surface area contributed by atoms with Gasteiger partial charge in [0.05, 0.1) is 0 Å². The molecule has 0 fully saturated rings. The summed E-state index contributed by atoms with van der Waals surface area (Å²) in [5, 5.41) is 0. The van der Waals surface area contributed by atoms with E-state index < -0.39 is 29.1 Å². The molecule has 0 heterocycles. The van der Waals surface area contributed by atoms with Gasteiger partial charge in [0.2, 0.25) is 0 Å². The third-order valence-corrected chi connectivity index (χ3v) is 6.66. The van der Waals surface area contributed by atoms with E-state index in [1.807, 2.05) is 0 Å². The lowest BCUT2D eigenvalue weighted by atomic mass is 9.85. The van der Waals surface area contributed by atoms with E-state index in [2.05, 4.69) is 6.92 Å².